The lowest BCUT2D eigenvalue weighted by molar-refractivity contribution is 0.355. The number of methoxy groups -OCH3 is 2. The van der Waals surface area contributed by atoms with E-state index in [9.17, 15) is 0 Å². The molecule has 0 aliphatic carbocycles. The Morgan fingerprint density at radius 3 is 2.10 bits per heavy atom. The average molecular weight is 382 g/mol. The summed E-state index contributed by atoms with van der Waals surface area (Å²) in [6.07, 6.45) is 0. The Morgan fingerprint density at radius 1 is 0.690 bits per heavy atom. The first-order chi connectivity index (χ1) is 14.3. The van der Waals surface area contributed by atoms with E-state index in [-0.39, 0.29) is 0 Å². The third kappa shape index (κ3) is 2.86. The van der Waals surface area contributed by atoms with Gasteiger partial charge in [0, 0.05) is 11.6 Å². The normalized spacial score (nSPS) is 11.1. The van der Waals surface area contributed by atoms with Gasteiger partial charge < -0.3 is 9.47 Å². The molecule has 3 aromatic carbocycles. The first kappa shape index (κ1) is 17.2. The highest BCUT2D eigenvalue weighted by Crippen LogP contribution is 2.33. The predicted molar refractivity (Wildman–Crippen MR) is 113 cm³/mol. The van der Waals surface area contributed by atoms with Crippen molar-refractivity contribution < 1.29 is 9.47 Å². The zero-order chi connectivity index (χ0) is 19.8. The molecule has 29 heavy (non-hydrogen) atoms. The molecule has 0 bridgehead atoms. The average Bonchev–Trinajstić information content (AvgIpc) is 3.15. The number of fused-ring (bicyclic) bond motifs is 2. The highest BCUT2D eigenvalue weighted by molar-refractivity contribution is 5.86. The van der Waals surface area contributed by atoms with Gasteiger partial charge in [-0.1, -0.05) is 42.5 Å². The molecule has 0 spiro atoms. The number of ether oxygens (including phenoxy) is 2. The summed E-state index contributed by atoms with van der Waals surface area (Å²) >= 11 is 0. The van der Waals surface area contributed by atoms with Crippen LogP contribution in [0.4, 0.5) is 0 Å². The SMILES string of the molecule is COc1ccc(-n2c(-c3ccccc3)nc3nc4ccccc4nc32)cc1OC. The fourth-order valence-electron chi connectivity index (χ4n) is 3.45. The molecule has 0 radical (unpaired) electrons. The van der Waals surface area contributed by atoms with Crippen LogP contribution in [0.15, 0.2) is 72.8 Å². The van der Waals surface area contributed by atoms with Crippen LogP contribution in [-0.2, 0) is 0 Å². The van der Waals surface area contributed by atoms with Crippen LogP contribution in [0.25, 0.3) is 39.4 Å². The maximum atomic E-state index is 5.51. The third-order valence-electron chi connectivity index (χ3n) is 4.83. The molecule has 6 nitrogen and oxygen atoms in total. The molecule has 0 saturated heterocycles. The summed E-state index contributed by atoms with van der Waals surface area (Å²) in [7, 11) is 3.25. The second-order valence-corrected chi connectivity index (χ2v) is 6.54. The van der Waals surface area contributed by atoms with Crippen LogP contribution >= 0.6 is 0 Å². The number of hydrogen-bond acceptors (Lipinski definition) is 5. The Bertz CT molecular complexity index is 1330. The van der Waals surface area contributed by atoms with Crippen LogP contribution in [0, 0.1) is 0 Å². The van der Waals surface area contributed by atoms with E-state index in [1.54, 1.807) is 14.2 Å². The van der Waals surface area contributed by atoms with E-state index in [1.807, 2.05) is 77.4 Å². The van der Waals surface area contributed by atoms with E-state index in [4.69, 9.17) is 24.4 Å². The third-order valence-corrected chi connectivity index (χ3v) is 4.83. The summed E-state index contributed by atoms with van der Waals surface area (Å²) in [6.45, 7) is 0. The van der Waals surface area contributed by atoms with E-state index < -0.39 is 0 Å². The maximum absolute atomic E-state index is 5.51. The second kappa shape index (κ2) is 6.91. The minimum Gasteiger partial charge on any atom is -0.493 e. The highest BCUT2D eigenvalue weighted by Gasteiger charge is 2.18. The van der Waals surface area contributed by atoms with E-state index in [2.05, 4.69) is 0 Å². The predicted octanol–water partition coefficient (Wildman–Crippen LogP) is 4.65. The van der Waals surface area contributed by atoms with E-state index in [0.29, 0.717) is 22.8 Å². The summed E-state index contributed by atoms with van der Waals surface area (Å²) in [5, 5.41) is 0. The van der Waals surface area contributed by atoms with E-state index in [0.717, 1.165) is 28.1 Å². The van der Waals surface area contributed by atoms with Gasteiger partial charge in [-0.05, 0) is 24.3 Å². The molecule has 5 rings (SSSR count). The minimum atomic E-state index is 0.595. The molecule has 6 heteroatoms. The van der Waals surface area contributed by atoms with Crippen molar-refractivity contribution in [2.75, 3.05) is 14.2 Å². The van der Waals surface area contributed by atoms with Crippen molar-refractivity contribution in [3.63, 3.8) is 0 Å². The molecular formula is C23H18N4O2. The van der Waals surface area contributed by atoms with Gasteiger partial charge in [-0.15, -0.1) is 0 Å². The highest BCUT2D eigenvalue weighted by atomic mass is 16.5. The molecule has 5 aromatic rings. The van der Waals surface area contributed by atoms with Crippen molar-refractivity contribution >= 4 is 22.3 Å². The Labute approximate surface area is 167 Å². The molecule has 0 amide bonds. The number of imidazole rings is 1. The van der Waals surface area contributed by atoms with Gasteiger partial charge in [-0.2, -0.15) is 0 Å². The Kier molecular flexibility index (Phi) is 4.09. The van der Waals surface area contributed by atoms with Gasteiger partial charge in [0.2, 0.25) is 0 Å². The molecule has 142 valence electrons. The minimum absolute atomic E-state index is 0.595. The van der Waals surface area contributed by atoms with Crippen LogP contribution in [-0.4, -0.2) is 33.7 Å². The van der Waals surface area contributed by atoms with Crippen molar-refractivity contribution in [3.8, 4) is 28.6 Å². The van der Waals surface area contributed by atoms with Gasteiger partial charge >= 0.3 is 0 Å². The number of para-hydroxylation sites is 2. The summed E-state index contributed by atoms with van der Waals surface area (Å²) < 4.78 is 12.9. The Hall–Kier alpha value is -3.93. The largest absolute Gasteiger partial charge is 0.493 e. The lowest BCUT2D eigenvalue weighted by atomic mass is 10.2. The van der Waals surface area contributed by atoms with Crippen molar-refractivity contribution in [2.45, 2.75) is 0 Å². The number of rotatable bonds is 4. The number of aromatic nitrogens is 4. The van der Waals surface area contributed by atoms with E-state index in [1.165, 1.54) is 0 Å². The molecule has 2 aromatic heterocycles. The monoisotopic (exact) mass is 382 g/mol. The number of nitrogens with zero attached hydrogens (tertiary/aromatic N) is 4. The smallest absolute Gasteiger partial charge is 0.199 e. The Morgan fingerprint density at radius 2 is 1.38 bits per heavy atom. The summed E-state index contributed by atoms with van der Waals surface area (Å²) in [6, 6.07) is 23.6. The molecule has 0 aliphatic rings. The topological polar surface area (TPSA) is 62.1 Å². The molecule has 0 fully saturated rings. The van der Waals surface area contributed by atoms with Gasteiger partial charge in [0.1, 0.15) is 5.82 Å². The van der Waals surface area contributed by atoms with Crippen molar-refractivity contribution in [1.82, 2.24) is 19.5 Å². The first-order valence-corrected chi connectivity index (χ1v) is 9.21. The van der Waals surface area contributed by atoms with Gasteiger partial charge in [-0.25, -0.2) is 15.0 Å². The number of benzene rings is 3. The molecule has 0 aliphatic heterocycles. The van der Waals surface area contributed by atoms with Gasteiger partial charge in [0.05, 0.1) is 30.9 Å². The van der Waals surface area contributed by atoms with Gasteiger partial charge in [0.25, 0.3) is 0 Å². The first-order valence-electron chi connectivity index (χ1n) is 9.21. The van der Waals surface area contributed by atoms with Gasteiger partial charge in [-0.3, -0.25) is 4.57 Å². The zero-order valence-electron chi connectivity index (χ0n) is 16.0. The summed E-state index contributed by atoms with van der Waals surface area (Å²) in [4.78, 5) is 14.4. The van der Waals surface area contributed by atoms with Crippen LogP contribution < -0.4 is 9.47 Å². The fraction of sp³-hybridized carbons (Fsp3) is 0.0870. The van der Waals surface area contributed by atoms with Crippen molar-refractivity contribution in [2.24, 2.45) is 0 Å². The molecule has 0 atom stereocenters. The Balaban J connectivity index is 1.85. The lowest BCUT2D eigenvalue weighted by Gasteiger charge is -2.13. The number of hydrogen-bond donors (Lipinski definition) is 0. The summed E-state index contributed by atoms with van der Waals surface area (Å²) in [5.41, 5.74) is 4.77. The second-order valence-electron chi connectivity index (χ2n) is 6.54. The quantitative estimate of drug-likeness (QED) is 0.453. The van der Waals surface area contributed by atoms with Crippen molar-refractivity contribution in [1.29, 1.82) is 0 Å². The van der Waals surface area contributed by atoms with Crippen LogP contribution in [0.2, 0.25) is 0 Å². The molecular weight excluding hydrogens is 364 g/mol. The fourth-order valence-corrected chi connectivity index (χ4v) is 3.45. The lowest BCUT2D eigenvalue weighted by Crippen LogP contribution is -2.00. The van der Waals surface area contributed by atoms with Crippen LogP contribution in [0.3, 0.4) is 0 Å². The van der Waals surface area contributed by atoms with Crippen LogP contribution in [0.1, 0.15) is 0 Å². The van der Waals surface area contributed by atoms with Gasteiger partial charge in [0.15, 0.2) is 22.8 Å². The molecule has 2 heterocycles. The van der Waals surface area contributed by atoms with Crippen molar-refractivity contribution in [3.05, 3.63) is 72.8 Å². The molecule has 0 saturated carbocycles. The molecule has 0 N–H and O–H groups in total. The standard InChI is InChI=1S/C23H18N4O2/c1-28-19-13-12-16(14-20(19)29-2)27-22(15-8-4-3-5-9-15)26-21-23(27)25-18-11-7-6-10-17(18)24-21/h3-14H,1-2H3. The van der Waals surface area contributed by atoms with Crippen LogP contribution in [0.5, 0.6) is 11.5 Å². The maximum Gasteiger partial charge on any atom is 0.199 e. The summed E-state index contributed by atoms with van der Waals surface area (Å²) in [5.74, 6) is 2.07. The zero-order valence-corrected chi connectivity index (χ0v) is 16.0. The van der Waals surface area contributed by atoms with E-state index >= 15 is 0 Å². The molecule has 0 unspecified atom stereocenters.